The van der Waals surface area contributed by atoms with Crippen LogP contribution in [0, 0.1) is 0 Å². The molecule has 0 unspecified atom stereocenters. The molecule has 0 bridgehead atoms. The van der Waals surface area contributed by atoms with Gasteiger partial charge in [0.25, 0.3) is 5.91 Å². The number of rotatable bonds is 5. The van der Waals surface area contributed by atoms with Gasteiger partial charge in [0, 0.05) is 32.2 Å². The van der Waals surface area contributed by atoms with E-state index in [0.717, 1.165) is 0 Å². The lowest BCUT2D eigenvalue weighted by Gasteiger charge is -2.34. The molecule has 0 saturated carbocycles. The monoisotopic (exact) mass is 307 g/mol. The Bertz CT molecular complexity index is 527. The summed E-state index contributed by atoms with van der Waals surface area (Å²) in [6, 6.07) is 7.11. The average Bonchev–Trinajstić information content (AvgIpc) is 2.59. The molecule has 1 heterocycles. The molecule has 120 valence electrons. The van der Waals surface area contributed by atoms with Crippen LogP contribution in [0.4, 0.5) is 0 Å². The van der Waals surface area contributed by atoms with E-state index in [9.17, 15) is 9.59 Å². The Morgan fingerprint density at radius 2 is 1.68 bits per heavy atom. The van der Waals surface area contributed by atoms with Crippen molar-refractivity contribution in [3.8, 4) is 11.5 Å². The maximum atomic E-state index is 12.1. The number of hydrogen-bond acceptors (Lipinski definition) is 5. The van der Waals surface area contributed by atoms with Crippen molar-refractivity contribution in [3.05, 3.63) is 24.3 Å². The number of carbonyl (C=O) groups excluding carboxylic acids is 2. The second-order valence-corrected chi connectivity index (χ2v) is 4.93. The van der Waals surface area contributed by atoms with Crippen LogP contribution in [-0.4, -0.2) is 68.1 Å². The Morgan fingerprint density at radius 1 is 1.09 bits per heavy atom. The number of benzene rings is 1. The Morgan fingerprint density at radius 3 is 2.27 bits per heavy atom. The molecule has 2 amide bonds. The molecule has 1 fully saturated rings. The van der Waals surface area contributed by atoms with Crippen LogP contribution in [0.15, 0.2) is 24.3 Å². The summed E-state index contributed by atoms with van der Waals surface area (Å²) in [7, 11) is 1.58. The maximum Gasteiger partial charge on any atom is 0.260 e. The molecule has 0 aromatic heterocycles. The molecule has 0 spiro atoms. The first-order valence-corrected chi connectivity index (χ1v) is 7.16. The van der Waals surface area contributed by atoms with Crippen LogP contribution in [0.1, 0.15) is 0 Å². The van der Waals surface area contributed by atoms with Crippen molar-refractivity contribution in [2.45, 2.75) is 0 Å². The SMILES string of the molecule is COc1cccc(OCC(=O)N2CCN(C(=O)CN)CC2)c1. The van der Waals surface area contributed by atoms with E-state index >= 15 is 0 Å². The third-order valence-electron chi connectivity index (χ3n) is 3.56. The summed E-state index contributed by atoms with van der Waals surface area (Å²) >= 11 is 0. The molecular weight excluding hydrogens is 286 g/mol. The summed E-state index contributed by atoms with van der Waals surface area (Å²) < 4.78 is 10.6. The number of nitrogens with zero attached hydrogens (tertiary/aromatic N) is 2. The second-order valence-electron chi connectivity index (χ2n) is 4.93. The van der Waals surface area contributed by atoms with Crippen molar-refractivity contribution in [2.75, 3.05) is 46.4 Å². The van der Waals surface area contributed by atoms with Crippen molar-refractivity contribution in [1.82, 2.24) is 9.80 Å². The maximum absolute atomic E-state index is 12.1. The van der Waals surface area contributed by atoms with E-state index in [1.807, 2.05) is 6.07 Å². The van der Waals surface area contributed by atoms with Gasteiger partial charge in [-0.25, -0.2) is 0 Å². The van der Waals surface area contributed by atoms with Crippen LogP contribution >= 0.6 is 0 Å². The third kappa shape index (κ3) is 4.11. The molecule has 0 atom stereocenters. The molecule has 7 nitrogen and oxygen atoms in total. The highest BCUT2D eigenvalue weighted by atomic mass is 16.5. The topological polar surface area (TPSA) is 85.1 Å². The highest BCUT2D eigenvalue weighted by molar-refractivity contribution is 5.80. The number of amides is 2. The van der Waals surface area contributed by atoms with Gasteiger partial charge in [-0.2, -0.15) is 0 Å². The average molecular weight is 307 g/mol. The zero-order chi connectivity index (χ0) is 15.9. The van der Waals surface area contributed by atoms with E-state index < -0.39 is 0 Å². The van der Waals surface area contributed by atoms with E-state index in [4.69, 9.17) is 15.2 Å². The van der Waals surface area contributed by atoms with E-state index in [-0.39, 0.29) is 25.0 Å². The molecule has 1 aliphatic rings. The fourth-order valence-corrected chi connectivity index (χ4v) is 2.26. The second kappa shape index (κ2) is 7.65. The van der Waals surface area contributed by atoms with E-state index in [1.165, 1.54) is 0 Å². The fraction of sp³-hybridized carbons (Fsp3) is 0.467. The first-order chi connectivity index (χ1) is 10.6. The molecule has 22 heavy (non-hydrogen) atoms. The Kier molecular flexibility index (Phi) is 5.60. The van der Waals surface area contributed by atoms with Crippen LogP contribution in [0.2, 0.25) is 0 Å². The van der Waals surface area contributed by atoms with Crippen LogP contribution in [0.25, 0.3) is 0 Å². The number of methoxy groups -OCH3 is 1. The summed E-state index contributed by atoms with van der Waals surface area (Å²) in [6.07, 6.45) is 0. The summed E-state index contributed by atoms with van der Waals surface area (Å²) in [5, 5.41) is 0. The minimum Gasteiger partial charge on any atom is -0.497 e. The molecular formula is C15H21N3O4. The van der Waals surface area contributed by atoms with Crippen molar-refractivity contribution in [1.29, 1.82) is 0 Å². The predicted octanol–water partition coefficient (Wildman–Crippen LogP) is -0.296. The van der Waals surface area contributed by atoms with Gasteiger partial charge in [0.05, 0.1) is 13.7 Å². The first kappa shape index (κ1) is 16.1. The molecule has 0 radical (unpaired) electrons. The lowest BCUT2D eigenvalue weighted by Crippen LogP contribution is -2.52. The van der Waals surface area contributed by atoms with Crippen LogP contribution in [0.3, 0.4) is 0 Å². The predicted molar refractivity (Wildman–Crippen MR) is 80.7 cm³/mol. The van der Waals surface area contributed by atoms with Gasteiger partial charge in [0.2, 0.25) is 5.91 Å². The molecule has 1 aliphatic heterocycles. The molecule has 1 aromatic rings. The van der Waals surface area contributed by atoms with E-state index in [0.29, 0.717) is 37.7 Å². The summed E-state index contributed by atoms with van der Waals surface area (Å²) in [6.45, 7) is 2.02. The van der Waals surface area contributed by atoms with Crippen LogP contribution in [0.5, 0.6) is 11.5 Å². The lowest BCUT2D eigenvalue weighted by molar-refractivity contribution is -0.140. The summed E-state index contributed by atoms with van der Waals surface area (Å²) in [5.41, 5.74) is 5.33. The van der Waals surface area contributed by atoms with Crippen LogP contribution < -0.4 is 15.2 Å². The van der Waals surface area contributed by atoms with Gasteiger partial charge in [0.1, 0.15) is 11.5 Å². The van der Waals surface area contributed by atoms with Gasteiger partial charge < -0.3 is 25.0 Å². The molecule has 2 N–H and O–H groups in total. The highest BCUT2D eigenvalue weighted by Gasteiger charge is 2.23. The number of carbonyl (C=O) groups is 2. The van der Waals surface area contributed by atoms with Gasteiger partial charge in [0.15, 0.2) is 6.61 Å². The standard InChI is InChI=1S/C15H21N3O4/c1-21-12-3-2-4-13(9-12)22-11-15(20)18-7-5-17(6-8-18)14(19)10-16/h2-4,9H,5-8,10-11,16H2,1H3. The zero-order valence-corrected chi connectivity index (χ0v) is 12.7. The van der Waals surface area contributed by atoms with Crippen LogP contribution in [-0.2, 0) is 9.59 Å². The largest absolute Gasteiger partial charge is 0.497 e. The van der Waals surface area contributed by atoms with E-state index in [2.05, 4.69) is 0 Å². The molecule has 2 rings (SSSR count). The lowest BCUT2D eigenvalue weighted by atomic mass is 10.3. The Labute approximate surface area is 129 Å². The van der Waals surface area contributed by atoms with Crippen molar-refractivity contribution in [3.63, 3.8) is 0 Å². The normalized spacial score (nSPS) is 14.6. The van der Waals surface area contributed by atoms with Crippen molar-refractivity contribution >= 4 is 11.8 Å². The fourth-order valence-electron chi connectivity index (χ4n) is 2.26. The quantitative estimate of drug-likeness (QED) is 0.807. The summed E-state index contributed by atoms with van der Waals surface area (Å²) in [4.78, 5) is 27.0. The number of nitrogens with two attached hydrogens (primary N) is 1. The van der Waals surface area contributed by atoms with E-state index in [1.54, 1.807) is 35.1 Å². The van der Waals surface area contributed by atoms with Gasteiger partial charge in [-0.1, -0.05) is 6.07 Å². The Hall–Kier alpha value is -2.28. The van der Waals surface area contributed by atoms with Crippen molar-refractivity contribution in [2.24, 2.45) is 5.73 Å². The van der Waals surface area contributed by atoms with Crippen molar-refractivity contribution < 1.29 is 19.1 Å². The molecule has 7 heteroatoms. The number of piperazine rings is 1. The molecule has 0 aliphatic carbocycles. The molecule has 1 aromatic carbocycles. The minimum atomic E-state index is -0.0948. The van der Waals surface area contributed by atoms with Gasteiger partial charge in [-0.15, -0.1) is 0 Å². The van der Waals surface area contributed by atoms with Gasteiger partial charge in [-0.3, -0.25) is 9.59 Å². The Balaban J connectivity index is 1.79. The number of hydrogen-bond donors (Lipinski definition) is 1. The smallest absolute Gasteiger partial charge is 0.260 e. The summed E-state index contributed by atoms with van der Waals surface area (Å²) in [5.74, 6) is 1.09. The first-order valence-electron chi connectivity index (χ1n) is 7.16. The third-order valence-corrected chi connectivity index (χ3v) is 3.56. The highest BCUT2D eigenvalue weighted by Crippen LogP contribution is 2.18. The van der Waals surface area contributed by atoms with Gasteiger partial charge >= 0.3 is 0 Å². The molecule has 1 saturated heterocycles. The minimum absolute atomic E-state index is 0.00684. The van der Waals surface area contributed by atoms with Gasteiger partial charge in [-0.05, 0) is 12.1 Å². The zero-order valence-electron chi connectivity index (χ0n) is 12.7. The number of ether oxygens (including phenoxy) is 2.